The maximum Gasteiger partial charge on any atom is 0.117 e. The minimum absolute atomic E-state index is 0.403. The Hall–Kier alpha value is -0.800. The molecule has 2 rings (SSSR count). The van der Waals surface area contributed by atoms with Crippen molar-refractivity contribution in [3.63, 3.8) is 0 Å². The van der Waals surface area contributed by atoms with Crippen LogP contribution in [0.25, 0.3) is 0 Å². The first-order valence-electron chi connectivity index (χ1n) is 6.15. The van der Waals surface area contributed by atoms with E-state index in [1.54, 1.807) is 0 Å². The molecule has 3 heteroatoms. The molecule has 90 valence electrons. The van der Waals surface area contributed by atoms with Gasteiger partial charge in [-0.15, -0.1) is 0 Å². The standard InChI is InChI=1S/C13H22N2O/c1-11-4-5-12(16-11)8-15-10-13(2)6-3-7-14-9-13/h4-5,14-15H,3,6-10H2,1-2H3. The highest BCUT2D eigenvalue weighted by atomic mass is 16.3. The summed E-state index contributed by atoms with van der Waals surface area (Å²) >= 11 is 0. The molecule has 0 spiro atoms. The van der Waals surface area contributed by atoms with Crippen molar-refractivity contribution in [3.05, 3.63) is 23.7 Å². The second kappa shape index (κ2) is 5.02. The lowest BCUT2D eigenvalue weighted by Crippen LogP contribution is -2.44. The fourth-order valence-electron chi connectivity index (χ4n) is 2.34. The van der Waals surface area contributed by atoms with Crippen LogP contribution in [0.3, 0.4) is 0 Å². The largest absolute Gasteiger partial charge is 0.465 e. The third-order valence-electron chi connectivity index (χ3n) is 3.33. The molecule has 1 unspecified atom stereocenters. The van der Waals surface area contributed by atoms with Gasteiger partial charge in [0.05, 0.1) is 6.54 Å². The quantitative estimate of drug-likeness (QED) is 0.819. The fourth-order valence-corrected chi connectivity index (χ4v) is 2.34. The predicted molar refractivity (Wildman–Crippen MR) is 65.4 cm³/mol. The lowest BCUT2D eigenvalue weighted by Gasteiger charge is -2.34. The maximum absolute atomic E-state index is 5.53. The van der Waals surface area contributed by atoms with Crippen molar-refractivity contribution in [1.82, 2.24) is 10.6 Å². The van der Waals surface area contributed by atoms with Crippen molar-refractivity contribution in [2.45, 2.75) is 33.2 Å². The van der Waals surface area contributed by atoms with Crippen LogP contribution in [0, 0.1) is 12.3 Å². The van der Waals surface area contributed by atoms with E-state index in [9.17, 15) is 0 Å². The van der Waals surface area contributed by atoms with E-state index in [1.165, 1.54) is 19.4 Å². The summed E-state index contributed by atoms with van der Waals surface area (Å²) in [5.74, 6) is 2.02. The smallest absolute Gasteiger partial charge is 0.117 e. The summed E-state index contributed by atoms with van der Waals surface area (Å²) < 4.78 is 5.53. The molecule has 0 saturated carbocycles. The van der Waals surface area contributed by atoms with Gasteiger partial charge in [-0.25, -0.2) is 0 Å². The molecule has 2 N–H and O–H groups in total. The van der Waals surface area contributed by atoms with Crippen molar-refractivity contribution in [3.8, 4) is 0 Å². The van der Waals surface area contributed by atoms with Gasteiger partial charge in [0.15, 0.2) is 0 Å². The van der Waals surface area contributed by atoms with Gasteiger partial charge >= 0.3 is 0 Å². The normalized spacial score (nSPS) is 25.9. The molecule has 1 aliphatic rings. The Labute approximate surface area is 97.6 Å². The van der Waals surface area contributed by atoms with Crippen molar-refractivity contribution in [2.24, 2.45) is 5.41 Å². The van der Waals surface area contributed by atoms with Gasteiger partial charge in [0, 0.05) is 13.1 Å². The van der Waals surface area contributed by atoms with Crippen LogP contribution in [0.5, 0.6) is 0 Å². The van der Waals surface area contributed by atoms with Gasteiger partial charge in [0.2, 0.25) is 0 Å². The Morgan fingerprint density at radius 3 is 3.00 bits per heavy atom. The predicted octanol–water partition coefficient (Wildman–Crippen LogP) is 2.07. The van der Waals surface area contributed by atoms with E-state index in [-0.39, 0.29) is 0 Å². The number of piperidine rings is 1. The molecule has 0 bridgehead atoms. The summed E-state index contributed by atoms with van der Waals surface area (Å²) in [6.45, 7) is 8.52. The molecule has 0 amide bonds. The average Bonchev–Trinajstić information content (AvgIpc) is 2.65. The first-order chi connectivity index (χ1) is 7.68. The summed E-state index contributed by atoms with van der Waals surface area (Å²) in [7, 11) is 0. The van der Waals surface area contributed by atoms with E-state index >= 15 is 0 Å². The lowest BCUT2D eigenvalue weighted by molar-refractivity contribution is 0.224. The second-order valence-corrected chi connectivity index (χ2v) is 5.21. The van der Waals surface area contributed by atoms with E-state index in [1.807, 2.05) is 19.1 Å². The molecule has 1 saturated heterocycles. The van der Waals surface area contributed by atoms with Crippen LogP contribution in [-0.2, 0) is 6.54 Å². The zero-order valence-corrected chi connectivity index (χ0v) is 10.3. The van der Waals surface area contributed by atoms with Crippen LogP contribution < -0.4 is 10.6 Å². The summed E-state index contributed by atoms with van der Waals surface area (Å²) in [5.41, 5.74) is 0.403. The summed E-state index contributed by atoms with van der Waals surface area (Å²) in [6, 6.07) is 4.06. The van der Waals surface area contributed by atoms with Gasteiger partial charge in [-0.3, -0.25) is 0 Å². The van der Waals surface area contributed by atoms with Gasteiger partial charge in [0.1, 0.15) is 11.5 Å². The molecule has 2 heterocycles. The molecule has 16 heavy (non-hydrogen) atoms. The number of hydrogen-bond donors (Lipinski definition) is 2. The van der Waals surface area contributed by atoms with Gasteiger partial charge in [-0.2, -0.15) is 0 Å². The van der Waals surface area contributed by atoms with Gasteiger partial charge in [-0.05, 0) is 43.9 Å². The molecule has 1 fully saturated rings. The molecular weight excluding hydrogens is 200 g/mol. The highest BCUT2D eigenvalue weighted by Gasteiger charge is 2.25. The van der Waals surface area contributed by atoms with Crippen LogP contribution in [0.1, 0.15) is 31.3 Å². The molecule has 1 aromatic rings. The summed E-state index contributed by atoms with van der Waals surface area (Å²) in [4.78, 5) is 0. The first-order valence-corrected chi connectivity index (χ1v) is 6.15. The molecule has 3 nitrogen and oxygen atoms in total. The van der Waals surface area contributed by atoms with E-state index in [0.29, 0.717) is 5.41 Å². The minimum Gasteiger partial charge on any atom is -0.465 e. The second-order valence-electron chi connectivity index (χ2n) is 5.21. The van der Waals surface area contributed by atoms with E-state index in [0.717, 1.165) is 31.2 Å². The summed E-state index contributed by atoms with van der Waals surface area (Å²) in [5, 5.41) is 6.96. The van der Waals surface area contributed by atoms with Crippen LogP contribution in [0.15, 0.2) is 16.5 Å². The number of hydrogen-bond acceptors (Lipinski definition) is 3. The third-order valence-corrected chi connectivity index (χ3v) is 3.33. The Bertz CT molecular complexity index is 326. The Morgan fingerprint density at radius 2 is 2.38 bits per heavy atom. The summed E-state index contributed by atoms with van der Waals surface area (Å²) in [6.07, 6.45) is 2.60. The lowest BCUT2D eigenvalue weighted by atomic mass is 9.83. The van der Waals surface area contributed by atoms with Crippen LogP contribution in [0.2, 0.25) is 0 Å². The van der Waals surface area contributed by atoms with E-state index in [2.05, 4.69) is 17.6 Å². The van der Waals surface area contributed by atoms with Gasteiger partial charge < -0.3 is 15.1 Å². The minimum atomic E-state index is 0.403. The highest BCUT2D eigenvalue weighted by molar-refractivity contribution is 5.05. The van der Waals surface area contributed by atoms with E-state index in [4.69, 9.17) is 4.42 Å². The topological polar surface area (TPSA) is 37.2 Å². The highest BCUT2D eigenvalue weighted by Crippen LogP contribution is 2.24. The Balaban J connectivity index is 1.74. The molecule has 1 aliphatic heterocycles. The molecule has 0 aliphatic carbocycles. The van der Waals surface area contributed by atoms with Crippen molar-refractivity contribution in [2.75, 3.05) is 19.6 Å². The molecule has 0 radical (unpaired) electrons. The Kier molecular flexibility index (Phi) is 3.66. The fraction of sp³-hybridized carbons (Fsp3) is 0.692. The molecular formula is C13H22N2O. The number of rotatable bonds is 4. The maximum atomic E-state index is 5.53. The average molecular weight is 222 g/mol. The third kappa shape index (κ3) is 3.09. The van der Waals surface area contributed by atoms with Crippen LogP contribution in [-0.4, -0.2) is 19.6 Å². The van der Waals surface area contributed by atoms with Crippen molar-refractivity contribution in [1.29, 1.82) is 0 Å². The van der Waals surface area contributed by atoms with Gasteiger partial charge in [-0.1, -0.05) is 6.92 Å². The first kappa shape index (κ1) is 11.7. The zero-order valence-electron chi connectivity index (χ0n) is 10.3. The van der Waals surface area contributed by atoms with E-state index < -0.39 is 0 Å². The SMILES string of the molecule is Cc1ccc(CNCC2(C)CCCNC2)o1. The van der Waals surface area contributed by atoms with Crippen molar-refractivity contribution < 1.29 is 4.42 Å². The number of nitrogens with one attached hydrogen (secondary N) is 2. The molecule has 1 aromatic heterocycles. The zero-order chi connectivity index (χ0) is 11.4. The van der Waals surface area contributed by atoms with Crippen molar-refractivity contribution >= 4 is 0 Å². The van der Waals surface area contributed by atoms with Crippen LogP contribution >= 0.6 is 0 Å². The van der Waals surface area contributed by atoms with Crippen LogP contribution in [0.4, 0.5) is 0 Å². The molecule has 1 atom stereocenters. The van der Waals surface area contributed by atoms with Gasteiger partial charge in [0.25, 0.3) is 0 Å². The number of furan rings is 1. The monoisotopic (exact) mass is 222 g/mol. The number of aryl methyl sites for hydroxylation is 1. The Morgan fingerprint density at radius 1 is 1.50 bits per heavy atom. The molecule has 0 aromatic carbocycles.